The van der Waals surface area contributed by atoms with E-state index in [1.165, 1.54) is 24.3 Å². The fourth-order valence-electron chi connectivity index (χ4n) is 3.37. The SMILES string of the molecule is CC(=O)N1CCCc2cc(S(=O)(=O)Oc3ccc(-c4nc(C)cs4)cc3)ccc21. The number of thiazole rings is 1. The van der Waals surface area contributed by atoms with Gasteiger partial charge >= 0.3 is 10.1 Å². The second kappa shape index (κ2) is 7.61. The Morgan fingerprint density at radius 2 is 1.93 bits per heavy atom. The number of carbonyl (C=O) groups is 1. The molecule has 0 N–H and O–H groups in total. The molecule has 0 unspecified atom stereocenters. The number of hydrogen-bond acceptors (Lipinski definition) is 6. The van der Waals surface area contributed by atoms with Crippen LogP contribution >= 0.6 is 11.3 Å². The van der Waals surface area contributed by atoms with Crippen LogP contribution in [0.15, 0.2) is 52.7 Å². The number of benzene rings is 2. The molecule has 1 aliphatic rings. The highest BCUT2D eigenvalue weighted by Gasteiger charge is 2.24. The maximum Gasteiger partial charge on any atom is 0.339 e. The van der Waals surface area contributed by atoms with E-state index in [-0.39, 0.29) is 16.6 Å². The zero-order valence-corrected chi connectivity index (χ0v) is 17.7. The van der Waals surface area contributed by atoms with Crippen LogP contribution < -0.4 is 9.08 Å². The summed E-state index contributed by atoms with van der Waals surface area (Å²) in [6, 6.07) is 11.6. The van der Waals surface area contributed by atoms with Crippen LogP contribution in [0, 0.1) is 6.92 Å². The predicted molar refractivity (Wildman–Crippen MR) is 113 cm³/mol. The van der Waals surface area contributed by atoms with Gasteiger partial charge in [0, 0.05) is 35.8 Å². The van der Waals surface area contributed by atoms with Gasteiger partial charge in [-0.15, -0.1) is 11.3 Å². The quantitative estimate of drug-likeness (QED) is 0.583. The summed E-state index contributed by atoms with van der Waals surface area (Å²) in [7, 11) is -3.97. The number of aromatic nitrogens is 1. The van der Waals surface area contributed by atoms with E-state index in [1.807, 2.05) is 12.3 Å². The first-order chi connectivity index (χ1) is 13.8. The molecule has 1 aromatic heterocycles. The molecule has 0 atom stereocenters. The van der Waals surface area contributed by atoms with E-state index in [9.17, 15) is 13.2 Å². The van der Waals surface area contributed by atoms with Crippen LogP contribution in [0.1, 0.15) is 24.6 Å². The molecule has 0 aliphatic carbocycles. The highest BCUT2D eigenvalue weighted by molar-refractivity contribution is 7.87. The Hall–Kier alpha value is -2.71. The largest absolute Gasteiger partial charge is 0.379 e. The molecule has 2 heterocycles. The smallest absolute Gasteiger partial charge is 0.339 e. The molecule has 150 valence electrons. The van der Waals surface area contributed by atoms with Gasteiger partial charge in [-0.3, -0.25) is 4.79 Å². The molecule has 0 bridgehead atoms. The summed E-state index contributed by atoms with van der Waals surface area (Å²) in [5, 5.41) is 2.84. The molecule has 0 saturated carbocycles. The monoisotopic (exact) mass is 428 g/mol. The minimum Gasteiger partial charge on any atom is -0.379 e. The first kappa shape index (κ1) is 19.6. The first-order valence-electron chi connectivity index (χ1n) is 9.21. The van der Waals surface area contributed by atoms with Crippen LogP contribution in [0.2, 0.25) is 0 Å². The Morgan fingerprint density at radius 1 is 1.17 bits per heavy atom. The molecule has 6 nitrogen and oxygen atoms in total. The highest BCUT2D eigenvalue weighted by Crippen LogP contribution is 2.31. The van der Waals surface area contributed by atoms with Gasteiger partial charge in [-0.1, -0.05) is 0 Å². The van der Waals surface area contributed by atoms with Gasteiger partial charge < -0.3 is 9.08 Å². The summed E-state index contributed by atoms with van der Waals surface area (Å²) in [6.45, 7) is 4.09. The van der Waals surface area contributed by atoms with E-state index in [1.54, 1.807) is 41.3 Å². The maximum atomic E-state index is 12.7. The standard InChI is InChI=1S/C21H20N2O4S2/c1-14-13-28-21(22-14)16-5-7-18(8-6-16)27-29(25,26)19-9-10-20-17(12-19)4-3-11-23(20)15(2)24/h5-10,12-13H,3-4,11H2,1-2H3. The summed E-state index contributed by atoms with van der Waals surface area (Å²) >= 11 is 1.54. The summed E-state index contributed by atoms with van der Waals surface area (Å²) < 4.78 is 30.8. The van der Waals surface area contributed by atoms with Gasteiger partial charge in [0.25, 0.3) is 0 Å². The number of amides is 1. The molecule has 0 saturated heterocycles. The Morgan fingerprint density at radius 3 is 2.59 bits per heavy atom. The summed E-state index contributed by atoms with van der Waals surface area (Å²) in [5.41, 5.74) is 3.46. The molecular weight excluding hydrogens is 408 g/mol. The second-order valence-corrected chi connectivity index (χ2v) is 9.33. The molecular formula is C21H20N2O4S2. The molecule has 0 spiro atoms. The first-order valence-corrected chi connectivity index (χ1v) is 11.5. The van der Waals surface area contributed by atoms with Crippen molar-refractivity contribution in [3.05, 3.63) is 59.1 Å². The van der Waals surface area contributed by atoms with Crippen molar-refractivity contribution >= 4 is 33.0 Å². The topological polar surface area (TPSA) is 76.6 Å². The van der Waals surface area contributed by atoms with Crippen molar-refractivity contribution in [2.45, 2.75) is 31.6 Å². The predicted octanol–water partition coefficient (Wildman–Crippen LogP) is 4.19. The van der Waals surface area contributed by atoms with Crippen LogP contribution in [0.25, 0.3) is 10.6 Å². The fraction of sp³-hybridized carbons (Fsp3) is 0.238. The highest BCUT2D eigenvalue weighted by atomic mass is 32.2. The van der Waals surface area contributed by atoms with Crippen molar-refractivity contribution < 1.29 is 17.4 Å². The number of anilines is 1. The van der Waals surface area contributed by atoms with Crippen molar-refractivity contribution in [1.82, 2.24) is 4.98 Å². The minimum absolute atomic E-state index is 0.0479. The number of rotatable bonds is 4. The van der Waals surface area contributed by atoms with E-state index < -0.39 is 10.1 Å². The van der Waals surface area contributed by atoms with Crippen LogP contribution in [-0.4, -0.2) is 25.9 Å². The number of fused-ring (bicyclic) bond motifs is 1. The number of carbonyl (C=O) groups excluding carboxylic acids is 1. The second-order valence-electron chi connectivity index (χ2n) is 6.92. The lowest BCUT2D eigenvalue weighted by molar-refractivity contribution is -0.116. The normalized spacial score (nSPS) is 13.8. The van der Waals surface area contributed by atoms with Crippen molar-refractivity contribution in [2.24, 2.45) is 0 Å². The van der Waals surface area contributed by atoms with Gasteiger partial charge in [-0.25, -0.2) is 4.98 Å². The van der Waals surface area contributed by atoms with Crippen LogP contribution in [0.4, 0.5) is 5.69 Å². The van der Waals surface area contributed by atoms with Crippen molar-refractivity contribution in [2.75, 3.05) is 11.4 Å². The lowest BCUT2D eigenvalue weighted by atomic mass is 10.0. The number of hydrogen-bond donors (Lipinski definition) is 0. The molecule has 2 aromatic carbocycles. The maximum absolute atomic E-state index is 12.7. The zero-order valence-electron chi connectivity index (χ0n) is 16.1. The Labute approximate surface area is 173 Å². The molecule has 0 radical (unpaired) electrons. The van der Waals surface area contributed by atoms with E-state index in [0.29, 0.717) is 6.54 Å². The molecule has 8 heteroatoms. The van der Waals surface area contributed by atoms with E-state index in [2.05, 4.69) is 4.98 Å². The van der Waals surface area contributed by atoms with Crippen LogP contribution in [0.3, 0.4) is 0 Å². The van der Waals surface area contributed by atoms with Gasteiger partial charge in [-0.2, -0.15) is 8.42 Å². The van der Waals surface area contributed by atoms with Gasteiger partial charge in [0.15, 0.2) is 0 Å². The third kappa shape index (κ3) is 4.04. The van der Waals surface area contributed by atoms with E-state index in [0.717, 1.165) is 40.4 Å². The molecule has 1 amide bonds. The van der Waals surface area contributed by atoms with Crippen LogP contribution in [0.5, 0.6) is 5.75 Å². The summed E-state index contributed by atoms with van der Waals surface area (Å²) in [4.78, 5) is 18.0. The van der Waals surface area contributed by atoms with E-state index in [4.69, 9.17) is 4.18 Å². The van der Waals surface area contributed by atoms with E-state index >= 15 is 0 Å². The van der Waals surface area contributed by atoms with Crippen LogP contribution in [-0.2, 0) is 21.3 Å². The van der Waals surface area contributed by atoms with Gasteiger partial charge in [-0.05, 0) is 67.8 Å². The van der Waals surface area contributed by atoms with Crippen molar-refractivity contribution in [3.63, 3.8) is 0 Å². The Balaban J connectivity index is 1.57. The third-order valence-corrected chi connectivity index (χ3v) is 7.02. The summed E-state index contributed by atoms with van der Waals surface area (Å²) in [6.07, 6.45) is 1.53. The number of aryl methyl sites for hydroxylation is 2. The lowest BCUT2D eigenvalue weighted by Gasteiger charge is -2.28. The van der Waals surface area contributed by atoms with Crippen molar-refractivity contribution in [1.29, 1.82) is 0 Å². The average molecular weight is 429 g/mol. The fourth-order valence-corrected chi connectivity index (χ4v) is 5.16. The zero-order chi connectivity index (χ0) is 20.6. The lowest BCUT2D eigenvalue weighted by Crippen LogP contribution is -2.33. The average Bonchev–Trinajstić information content (AvgIpc) is 3.13. The summed E-state index contributed by atoms with van der Waals surface area (Å²) in [5.74, 6) is 0.193. The molecule has 4 rings (SSSR count). The third-order valence-electron chi connectivity index (χ3n) is 4.76. The molecule has 0 fully saturated rings. The Bertz CT molecular complexity index is 1170. The van der Waals surface area contributed by atoms with Gasteiger partial charge in [0.1, 0.15) is 15.7 Å². The van der Waals surface area contributed by atoms with Gasteiger partial charge in [0.2, 0.25) is 5.91 Å². The van der Waals surface area contributed by atoms with Gasteiger partial charge in [0.05, 0.1) is 0 Å². The number of nitrogens with zero attached hydrogens (tertiary/aromatic N) is 2. The molecule has 29 heavy (non-hydrogen) atoms. The minimum atomic E-state index is -3.97. The molecule has 3 aromatic rings. The molecule has 1 aliphatic heterocycles. The Kier molecular flexibility index (Phi) is 5.14. The van der Waals surface area contributed by atoms with Crippen molar-refractivity contribution in [3.8, 4) is 16.3 Å².